The van der Waals surface area contributed by atoms with Crippen molar-refractivity contribution >= 4 is 22.8 Å². The summed E-state index contributed by atoms with van der Waals surface area (Å²) >= 11 is 0. The molecule has 41 heavy (non-hydrogen) atoms. The topological polar surface area (TPSA) is 60.3 Å². The third kappa shape index (κ3) is 7.12. The number of rotatable bonds is 9. The van der Waals surface area contributed by atoms with Crippen LogP contribution in [0.25, 0.3) is 22.0 Å². The molecule has 1 heterocycles. The molecule has 0 aliphatic carbocycles. The van der Waals surface area contributed by atoms with Gasteiger partial charge in [0.1, 0.15) is 0 Å². The van der Waals surface area contributed by atoms with E-state index in [1.807, 2.05) is 74.5 Å². The molecule has 0 aliphatic rings. The highest BCUT2D eigenvalue weighted by Crippen LogP contribution is 2.24. The molecule has 5 rings (SSSR count). The zero-order valence-electron chi connectivity index (χ0n) is 24.3. The van der Waals surface area contributed by atoms with Gasteiger partial charge in [-0.2, -0.15) is 0 Å². The average Bonchev–Trinajstić information content (AvgIpc) is 3.43. The van der Waals surface area contributed by atoms with Crippen LogP contribution in [0.5, 0.6) is 0 Å². The third-order valence-electron chi connectivity index (χ3n) is 6.96. The number of nitrogens with zero attached hydrogens (tertiary/aromatic N) is 1. The molecule has 210 valence electrons. The maximum absolute atomic E-state index is 13.0. The number of carbonyl (C=O) groups is 2. The molecule has 0 radical (unpaired) electrons. The molecule has 0 spiro atoms. The smallest absolute Gasteiger partial charge is 0.338 e. The van der Waals surface area contributed by atoms with Crippen molar-refractivity contribution in [3.63, 3.8) is 0 Å². The molecule has 5 nitrogen and oxygen atoms in total. The van der Waals surface area contributed by atoms with Crippen molar-refractivity contribution in [3.05, 3.63) is 132 Å². The minimum Gasteiger partial charge on any atom is -0.462 e. The zero-order chi connectivity index (χ0) is 29.2. The lowest BCUT2D eigenvalue weighted by molar-refractivity contribution is 0.0526. The minimum absolute atomic E-state index is 0.0207. The normalized spacial score (nSPS) is 11.3. The molecular formula is C36H38N2O3. The number of hydrogen-bond acceptors (Lipinski definition) is 3. The Balaban J connectivity index is 0.00000189. The molecular weight excluding hydrogens is 508 g/mol. The van der Waals surface area contributed by atoms with Crippen LogP contribution in [0.1, 0.15) is 72.0 Å². The van der Waals surface area contributed by atoms with Gasteiger partial charge >= 0.3 is 5.97 Å². The first-order valence-electron chi connectivity index (χ1n) is 14.4. The van der Waals surface area contributed by atoms with Crippen LogP contribution in [-0.2, 0) is 11.3 Å². The number of hydrogen-bond donors (Lipinski definition) is 1. The van der Waals surface area contributed by atoms with Crippen LogP contribution in [0.2, 0.25) is 0 Å². The van der Waals surface area contributed by atoms with Crippen molar-refractivity contribution in [2.75, 3.05) is 6.61 Å². The van der Waals surface area contributed by atoms with Crippen LogP contribution in [0.15, 0.2) is 109 Å². The summed E-state index contributed by atoms with van der Waals surface area (Å²) in [6, 6.07) is 33.9. The Kier molecular flexibility index (Phi) is 10.1. The van der Waals surface area contributed by atoms with Crippen LogP contribution < -0.4 is 5.32 Å². The molecule has 5 heteroatoms. The van der Waals surface area contributed by atoms with Gasteiger partial charge in [-0.05, 0) is 78.1 Å². The summed E-state index contributed by atoms with van der Waals surface area (Å²) in [6.45, 7) is 8.94. The Morgan fingerprint density at radius 2 is 1.51 bits per heavy atom. The number of ether oxygens (including phenoxy) is 1. The van der Waals surface area contributed by atoms with Crippen molar-refractivity contribution in [2.45, 2.75) is 46.7 Å². The molecule has 0 fully saturated rings. The summed E-state index contributed by atoms with van der Waals surface area (Å²) in [5.74, 6) is -0.374. The summed E-state index contributed by atoms with van der Waals surface area (Å²) in [5.41, 5.74) is 6.68. The van der Waals surface area contributed by atoms with Gasteiger partial charge in [-0.1, -0.05) is 81.4 Å². The molecule has 1 N–H and O–H groups in total. The summed E-state index contributed by atoms with van der Waals surface area (Å²) in [4.78, 5) is 25.0. The van der Waals surface area contributed by atoms with E-state index in [2.05, 4.69) is 53.3 Å². The number of esters is 1. The maximum Gasteiger partial charge on any atom is 0.338 e. The molecule has 0 bridgehead atoms. The van der Waals surface area contributed by atoms with Crippen LogP contribution in [0.4, 0.5) is 0 Å². The fraction of sp³-hybridized carbons (Fsp3) is 0.222. The van der Waals surface area contributed by atoms with Crippen molar-refractivity contribution in [1.29, 1.82) is 0 Å². The van der Waals surface area contributed by atoms with E-state index >= 15 is 0 Å². The average molecular weight is 547 g/mol. The van der Waals surface area contributed by atoms with E-state index in [1.54, 1.807) is 19.1 Å². The Labute approximate surface area is 242 Å². The first-order chi connectivity index (χ1) is 20.1. The van der Waals surface area contributed by atoms with Crippen molar-refractivity contribution in [3.8, 4) is 11.1 Å². The van der Waals surface area contributed by atoms with E-state index in [1.165, 1.54) is 0 Å². The summed E-state index contributed by atoms with van der Waals surface area (Å²) < 4.78 is 7.28. The summed E-state index contributed by atoms with van der Waals surface area (Å²) in [5, 5.41) is 4.21. The highest BCUT2D eigenvalue weighted by atomic mass is 16.5. The number of fused-ring (bicyclic) bond motifs is 1. The molecule has 0 saturated carbocycles. The van der Waals surface area contributed by atoms with Crippen LogP contribution >= 0.6 is 0 Å². The molecule has 0 saturated heterocycles. The predicted octanol–water partition coefficient (Wildman–Crippen LogP) is 8.44. The minimum atomic E-state index is -0.306. The lowest BCUT2D eigenvalue weighted by Crippen LogP contribution is -2.28. The Morgan fingerprint density at radius 3 is 2.22 bits per heavy atom. The second-order valence-electron chi connectivity index (χ2n) is 9.56. The van der Waals surface area contributed by atoms with Crippen LogP contribution in [0, 0.1) is 0 Å². The van der Waals surface area contributed by atoms with E-state index in [0.717, 1.165) is 39.6 Å². The first kappa shape index (κ1) is 29.3. The Morgan fingerprint density at radius 1 is 0.780 bits per heavy atom. The fourth-order valence-corrected chi connectivity index (χ4v) is 4.89. The third-order valence-corrected chi connectivity index (χ3v) is 6.96. The van der Waals surface area contributed by atoms with Gasteiger partial charge in [-0.25, -0.2) is 4.79 Å². The quantitative estimate of drug-likeness (QED) is 0.189. The second kappa shape index (κ2) is 14.1. The van der Waals surface area contributed by atoms with Gasteiger partial charge < -0.3 is 14.6 Å². The van der Waals surface area contributed by atoms with Gasteiger partial charge in [0.15, 0.2) is 0 Å². The molecule has 1 unspecified atom stereocenters. The van der Waals surface area contributed by atoms with Crippen molar-refractivity contribution in [1.82, 2.24) is 9.88 Å². The monoisotopic (exact) mass is 546 g/mol. The Hall–Kier alpha value is -4.64. The van der Waals surface area contributed by atoms with Gasteiger partial charge in [0.25, 0.3) is 5.91 Å². The summed E-state index contributed by atoms with van der Waals surface area (Å²) in [7, 11) is 0. The Bertz CT molecular complexity index is 1590. The second-order valence-corrected chi connectivity index (χ2v) is 9.56. The fourth-order valence-electron chi connectivity index (χ4n) is 4.89. The zero-order valence-corrected chi connectivity index (χ0v) is 24.3. The molecule has 5 aromatic rings. The molecule has 0 aliphatic heterocycles. The number of benzene rings is 4. The van der Waals surface area contributed by atoms with Gasteiger partial charge in [0.2, 0.25) is 0 Å². The lowest BCUT2D eigenvalue weighted by atomic mass is 10.0. The van der Waals surface area contributed by atoms with Crippen LogP contribution in [0.3, 0.4) is 0 Å². The van der Waals surface area contributed by atoms with Gasteiger partial charge in [0.05, 0.1) is 18.2 Å². The van der Waals surface area contributed by atoms with Gasteiger partial charge in [0, 0.05) is 29.2 Å². The predicted molar refractivity (Wildman–Crippen MR) is 167 cm³/mol. The molecule has 1 aromatic heterocycles. The highest BCUT2D eigenvalue weighted by molar-refractivity contribution is 5.98. The van der Waals surface area contributed by atoms with Gasteiger partial charge in [-0.3, -0.25) is 4.79 Å². The molecule has 1 amide bonds. The molecule has 4 aromatic carbocycles. The van der Waals surface area contributed by atoms with E-state index in [4.69, 9.17) is 4.74 Å². The van der Waals surface area contributed by atoms with E-state index in [9.17, 15) is 9.59 Å². The van der Waals surface area contributed by atoms with E-state index in [0.29, 0.717) is 24.3 Å². The standard InChI is InChI=1S/C34H32N2O3.C2H6/c1-3-31(26-10-6-5-7-11-26)35-33(37)30-17-18-32-29(22-30)19-20-36(32)23-24-9-8-12-28(21-24)25-13-15-27(16-14-25)34(38)39-4-2;1-2/h5-22,31H,3-4,23H2,1-2H3,(H,35,37);1-2H3. The number of nitrogens with one attached hydrogen (secondary N) is 1. The van der Waals surface area contributed by atoms with E-state index < -0.39 is 0 Å². The SMILES string of the molecule is CC.CCOC(=O)c1ccc(-c2cccc(Cn3ccc4cc(C(=O)NC(CC)c5ccccc5)ccc43)c2)cc1. The lowest BCUT2D eigenvalue weighted by Gasteiger charge is -2.17. The maximum atomic E-state index is 13.0. The first-order valence-corrected chi connectivity index (χ1v) is 14.4. The number of aromatic nitrogens is 1. The van der Waals surface area contributed by atoms with E-state index in [-0.39, 0.29) is 17.9 Å². The largest absolute Gasteiger partial charge is 0.462 e. The molecule has 1 atom stereocenters. The van der Waals surface area contributed by atoms with Crippen LogP contribution in [-0.4, -0.2) is 23.1 Å². The van der Waals surface area contributed by atoms with Crippen molar-refractivity contribution in [2.24, 2.45) is 0 Å². The number of amides is 1. The highest BCUT2D eigenvalue weighted by Gasteiger charge is 2.15. The summed E-state index contributed by atoms with van der Waals surface area (Å²) in [6.07, 6.45) is 2.88. The number of carbonyl (C=O) groups excluding carboxylic acids is 2. The van der Waals surface area contributed by atoms with Crippen molar-refractivity contribution < 1.29 is 14.3 Å². The van der Waals surface area contributed by atoms with Gasteiger partial charge in [-0.15, -0.1) is 0 Å².